The van der Waals surface area contributed by atoms with Crippen LogP contribution >= 0.6 is 0 Å². The first-order valence-corrected chi connectivity index (χ1v) is 10.1. The number of hydrogen-bond acceptors (Lipinski definition) is 3. The third-order valence-electron chi connectivity index (χ3n) is 5.46. The second-order valence-electron chi connectivity index (χ2n) is 7.49. The molecule has 3 N–H and O–H groups in total. The summed E-state index contributed by atoms with van der Waals surface area (Å²) in [5, 5.41) is 5.48. The van der Waals surface area contributed by atoms with Crippen molar-refractivity contribution in [2.75, 3.05) is 5.32 Å². The van der Waals surface area contributed by atoms with Crippen molar-refractivity contribution >= 4 is 22.4 Å². The van der Waals surface area contributed by atoms with Gasteiger partial charge in [-0.15, -0.1) is 0 Å². The monoisotopic (exact) mass is 373 g/mol. The molecule has 0 aromatic heterocycles. The van der Waals surface area contributed by atoms with Gasteiger partial charge in [-0.25, -0.2) is 10.9 Å². The molecule has 1 aliphatic rings. The maximum absolute atomic E-state index is 12.7. The lowest BCUT2D eigenvalue weighted by Crippen LogP contribution is -2.39. The molecule has 28 heavy (non-hydrogen) atoms. The van der Waals surface area contributed by atoms with E-state index in [0.717, 1.165) is 12.1 Å². The third-order valence-corrected chi connectivity index (χ3v) is 5.46. The SMILES string of the molecule is CCCCc1ccc(NC(=O)C2CC(c3cccc4ccccc34)NN2)cc1. The first-order chi connectivity index (χ1) is 13.7. The molecular formula is C24H27N3O. The van der Waals surface area contributed by atoms with Crippen molar-refractivity contribution in [1.29, 1.82) is 0 Å². The van der Waals surface area contributed by atoms with Crippen LogP contribution in [0.3, 0.4) is 0 Å². The molecule has 0 bridgehead atoms. The number of carbonyl (C=O) groups is 1. The highest BCUT2D eigenvalue weighted by atomic mass is 16.2. The maximum Gasteiger partial charge on any atom is 0.242 e. The van der Waals surface area contributed by atoms with Crippen LogP contribution in [0.4, 0.5) is 5.69 Å². The molecule has 1 amide bonds. The summed E-state index contributed by atoms with van der Waals surface area (Å²) < 4.78 is 0. The number of anilines is 1. The predicted molar refractivity (Wildman–Crippen MR) is 115 cm³/mol. The second-order valence-corrected chi connectivity index (χ2v) is 7.49. The van der Waals surface area contributed by atoms with E-state index in [0.29, 0.717) is 6.42 Å². The van der Waals surface area contributed by atoms with Crippen molar-refractivity contribution in [3.8, 4) is 0 Å². The Bertz CT molecular complexity index is 946. The van der Waals surface area contributed by atoms with E-state index in [4.69, 9.17) is 0 Å². The molecule has 2 atom stereocenters. The van der Waals surface area contributed by atoms with Gasteiger partial charge in [0, 0.05) is 11.7 Å². The normalized spacial score (nSPS) is 19.0. The molecule has 4 nitrogen and oxygen atoms in total. The summed E-state index contributed by atoms with van der Waals surface area (Å²) in [5.41, 5.74) is 9.86. The zero-order chi connectivity index (χ0) is 19.3. The minimum atomic E-state index is -0.260. The number of unbranched alkanes of at least 4 members (excludes halogenated alkanes) is 1. The number of hydrazine groups is 1. The van der Waals surface area contributed by atoms with Crippen molar-refractivity contribution < 1.29 is 4.79 Å². The number of hydrogen-bond donors (Lipinski definition) is 3. The molecule has 0 saturated carbocycles. The van der Waals surface area contributed by atoms with Crippen molar-refractivity contribution in [3.05, 3.63) is 77.9 Å². The quantitative estimate of drug-likeness (QED) is 0.585. The Balaban J connectivity index is 1.40. The van der Waals surface area contributed by atoms with Crippen LogP contribution in [0.25, 0.3) is 10.8 Å². The van der Waals surface area contributed by atoms with Gasteiger partial charge in [0.25, 0.3) is 0 Å². The zero-order valence-corrected chi connectivity index (χ0v) is 16.2. The third kappa shape index (κ3) is 4.08. The van der Waals surface area contributed by atoms with Crippen LogP contribution in [0.5, 0.6) is 0 Å². The van der Waals surface area contributed by atoms with Gasteiger partial charge in [0.2, 0.25) is 5.91 Å². The van der Waals surface area contributed by atoms with Gasteiger partial charge in [0.1, 0.15) is 6.04 Å². The van der Waals surface area contributed by atoms with Crippen molar-refractivity contribution in [2.45, 2.75) is 44.7 Å². The van der Waals surface area contributed by atoms with Crippen LogP contribution in [0, 0.1) is 0 Å². The Morgan fingerprint density at radius 3 is 2.61 bits per heavy atom. The van der Waals surface area contributed by atoms with E-state index in [1.807, 2.05) is 12.1 Å². The Hall–Kier alpha value is -2.69. The maximum atomic E-state index is 12.7. The molecule has 1 saturated heterocycles. The van der Waals surface area contributed by atoms with Gasteiger partial charge in [-0.05, 0) is 53.3 Å². The fraction of sp³-hybridized carbons (Fsp3) is 0.292. The fourth-order valence-electron chi connectivity index (χ4n) is 3.85. The molecule has 4 rings (SSSR count). The van der Waals surface area contributed by atoms with Crippen molar-refractivity contribution in [1.82, 2.24) is 10.9 Å². The van der Waals surface area contributed by atoms with E-state index in [2.05, 4.69) is 77.7 Å². The number of nitrogens with one attached hydrogen (secondary N) is 3. The van der Waals surface area contributed by atoms with Crippen LogP contribution in [-0.2, 0) is 11.2 Å². The predicted octanol–water partition coefficient (Wildman–Crippen LogP) is 4.73. The van der Waals surface area contributed by atoms with Gasteiger partial charge in [-0.2, -0.15) is 0 Å². The van der Waals surface area contributed by atoms with Gasteiger partial charge in [-0.1, -0.05) is 67.9 Å². The van der Waals surface area contributed by atoms with Crippen LogP contribution in [0.1, 0.15) is 43.4 Å². The van der Waals surface area contributed by atoms with Crippen LogP contribution in [-0.4, -0.2) is 11.9 Å². The summed E-state index contributed by atoms with van der Waals surface area (Å²) in [6.07, 6.45) is 4.19. The van der Waals surface area contributed by atoms with Crippen LogP contribution in [0.2, 0.25) is 0 Å². The lowest BCUT2D eigenvalue weighted by molar-refractivity contribution is -0.117. The smallest absolute Gasteiger partial charge is 0.242 e. The Kier molecular flexibility index (Phi) is 5.70. The summed E-state index contributed by atoms with van der Waals surface area (Å²) in [7, 11) is 0. The summed E-state index contributed by atoms with van der Waals surface area (Å²) in [6, 6.07) is 22.7. The molecule has 2 unspecified atom stereocenters. The zero-order valence-electron chi connectivity index (χ0n) is 16.2. The number of aryl methyl sites for hydroxylation is 1. The van der Waals surface area contributed by atoms with E-state index < -0.39 is 0 Å². The van der Waals surface area contributed by atoms with Crippen molar-refractivity contribution in [2.24, 2.45) is 0 Å². The van der Waals surface area contributed by atoms with Gasteiger partial charge in [-0.3, -0.25) is 4.79 Å². The first-order valence-electron chi connectivity index (χ1n) is 10.1. The number of benzene rings is 3. The molecular weight excluding hydrogens is 346 g/mol. The molecule has 1 fully saturated rings. The average Bonchev–Trinajstić information content (AvgIpc) is 3.23. The van der Waals surface area contributed by atoms with E-state index in [1.54, 1.807) is 0 Å². The molecule has 0 aliphatic carbocycles. The summed E-state index contributed by atoms with van der Waals surface area (Å²) >= 11 is 0. The molecule has 0 radical (unpaired) electrons. The van der Waals surface area contributed by atoms with Gasteiger partial charge in [0.05, 0.1) is 0 Å². The van der Waals surface area contributed by atoms with Gasteiger partial charge >= 0.3 is 0 Å². The van der Waals surface area contributed by atoms with E-state index in [9.17, 15) is 4.79 Å². The van der Waals surface area contributed by atoms with Gasteiger partial charge in [0.15, 0.2) is 0 Å². The lowest BCUT2D eigenvalue weighted by atomic mass is 9.96. The first kappa shape index (κ1) is 18.7. The summed E-state index contributed by atoms with van der Waals surface area (Å²) in [4.78, 5) is 12.7. The van der Waals surface area contributed by atoms with E-state index in [1.165, 1.54) is 34.7 Å². The van der Waals surface area contributed by atoms with E-state index in [-0.39, 0.29) is 18.0 Å². The Labute approximate surface area is 166 Å². The highest BCUT2D eigenvalue weighted by molar-refractivity contribution is 5.95. The van der Waals surface area contributed by atoms with E-state index >= 15 is 0 Å². The lowest BCUT2D eigenvalue weighted by Gasteiger charge is -2.13. The molecule has 4 heteroatoms. The number of amides is 1. The largest absolute Gasteiger partial charge is 0.325 e. The van der Waals surface area contributed by atoms with Gasteiger partial charge < -0.3 is 5.32 Å². The Morgan fingerprint density at radius 2 is 1.79 bits per heavy atom. The highest BCUT2D eigenvalue weighted by Gasteiger charge is 2.30. The Morgan fingerprint density at radius 1 is 1.00 bits per heavy atom. The minimum Gasteiger partial charge on any atom is -0.325 e. The standard InChI is InChI=1S/C24H27N3O/c1-2-3-7-17-12-14-19(15-13-17)25-24(28)23-16-22(26-27-23)21-11-6-9-18-8-4-5-10-20(18)21/h4-6,8-15,22-23,26-27H,2-3,7,16H2,1H3,(H,25,28). The molecule has 0 spiro atoms. The number of rotatable bonds is 6. The van der Waals surface area contributed by atoms with Crippen LogP contribution < -0.4 is 16.2 Å². The van der Waals surface area contributed by atoms with Crippen molar-refractivity contribution in [3.63, 3.8) is 0 Å². The number of carbonyl (C=O) groups excluding carboxylic acids is 1. The summed E-state index contributed by atoms with van der Waals surface area (Å²) in [5.74, 6) is -0.00320. The van der Waals surface area contributed by atoms with Crippen LogP contribution in [0.15, 0.2) is 66.7 Å². The summed E-state index contributed by atoms with van der Waals surface area (Å²) in [6.45, 7) is 2.20. The molecule has 3 aromatic rings. The molecule has 1 aliphatic heterocycles. The molecule has 1 heterocycles. The average molecular weight is 374 g/mol. The molecule has 144 valence electrons. The molecule has 3 aromatic carbocycles. The number of fused-ring (bicyclic) bond motifs is 1. The fourth-order valence-corrected chi connectivity index (χ4v) is 3.85. The topological polar surface area (TPSA) is 53.2 Å². The minimum absolute atomic E-state index is 0.00320. The second kappa shape index (κ2) is 8.55. The highest BCUT2D eigenvalue weighted by Crippen LogP contribution is 2.29.